The molecule has 0 saturated carbocycles. The summed E-state index contributed by atoms with van der Waals surface area (Å²) in [6.07, 6.45) is 1.67. The highest BCUT2D eigenvalue weighted by Gasteiger charge is 2.50. The van der Waals surface area contributed by atoms with Crippen LogP contribution in [0.1, 0.15) is 32.0 Å². The van der Waals surface area contributed by atoms with Crippen molar-refractivity contribution in [1.82, 2.24) is 4.57 Å². The third kappa shape index (κ3) is 4.80. The molecule has 0 N–H and O–H groups in total. The molecule has 7 heteroatoms. The van der Waals surface area contributed by atoms with Crippen LogP contribution in [0.3, 0.4) is 0 Å². The van der Waals surface area contributed by atoms with Crippen molar-refractivity contribution in [2.45, 2.75) is 32.4 Å². The van der Waals surface area contributed by atoms with Crippen molar-refractivity contribution in [3.63, 3.8) is 0 Å². The summed E-state index contributed by atoms with van der Waals surface area (Å²) >= 11 is 19.7. The normalized spacial score (nSPS) is 11.9. The first-order valence-electron chi connectivity index (χ1n) is 11.2. The number of nitrogens with zero attached hydrogens (tertiary/aromatic N) is 2. The lowest BCUT2D eigenvalue weighted by molar-refractivity contribution is 0.286. The van der Waals surface area contributed by atoms with E-state index in [1.165, 1.54) is 10.4 Å². The molecule has 1 aromatic heterocycles. The van der Waals surface area contributed by atoms with Gasteiger partial charge in [-0.25, -0.2) is 0 Å². The Morgan fingerprint density at radius 1 is 0.886 bits per heavy atom. The van der Waals surface area contributed by atoms with Gasteiger partial charge in [0.15, 0.2) is 0 Å². The van der Waals surface area contributed by atoms with Crippen LogP contribution in [0.25, 0.3) is 5.69 Å². The maximum atomic E-state index is 9.54. The van der Waals surface area contributed by atoms with E-state index in [9.17, 15) is 5.26 Å². The minimum atomic E-state index is -2.79. The summed E-state index contributed by atoms with van der Waals surface area (Å²) in [5.74, 6) is 0. The lowest BCUT2D eigenvalue weighted by Gasteiger charge is -2.43. The molecule has 0 aliphatic carbocycles. The second-order valence-corrected chi connectivity index (χ2v) is 14.9. The number of hydrogen-bond donors (Lipinski definition) is 0. The van der Waals surface area contributed by atoms with Crippen molar-refractivity contribution < 1.29 is 4.43 Å². The number of nitriles is 1. The molecule has 0 fully saturated rings. The van der Waals surface area contributed by atoms with E-state index in [1.807, 2.05) is 12.1 Å². The monoisotopic (exact) mass is 538 g/mol. The van der Waals surface area contributed by atoms with Crippen LogP contribution >= 0.6 is 34.8 Å². The molecule has 1 heterocycles. The number of benzene rings is 3. The summed E-state index contributed by atoms with van der Waals surface area (Å²) in [6, 6.07) is 28.1. The molecule has 0 aliphatic heterocycles. The van der Waals surface area contributed by atoms with Crippen molar-refractivity contribution in [3.05, 3.63) is 111 Å². The van der Waals surface area contributed by atoms with Crippen molar-refractivity contribution in [2.24, 2.45) is 0 Å². The van der Waals surface area contributed by atoms with Gasteiger partial charge in [-0.05, 0) is 33.6 Å². The summed E-state index contributed by atoms with van der Waals surface area (Å²) in [6.45, 7) is 6.88. The molecule has 0 amide bonds. The molecule has 0 saturated heterocycles. The Hall–Kier alpha value is -2.52. The Balaban J connectivity index is 1.84. The van der Waals surface area contributed by atoms with E-state index in [1.54, 1.807) is 29.0 Å². The van der Waals surface area contributed by atoms with Crippen LogP contribution in [0, 0.1) is 11.3 Å². The number of halogens is 3. The van der Waals surface area contributed by atoms with Gasteiger partial charge in [0.05, 0.1) is 22.3 Å². The summed E-state index contributed by atoms with van der Waals surface area (Å²) in [5.41, 5.74) is 1.69. The zero-order valence-corrected chi connectivity index (χ0v) is 23.0. The SMILES string of the molecule is CC(C)(C)[Si](OCc1c(Cl)ccc(-n2cc(Cl)cc2C#N)c1Cl)(c1ccccc1)c1ccccc1. The summed E-state index contributed by atoms with van der Waals surface area (Å²) in [4.78, 5) is 0. The van der Waals surface area contributed by atoms with Gasteiger partial charge in [-0.3, -0.25) is 0 Å². The molecule has 3 aromatic carbocycles. The minimum Gasteiger partial charge on any atom is -0.403 e. The smallest absolute Gasteiger partial charge is 0.261 e. The van der Waals surface area contributed by atoms with E-state index in [0.29, 0.717) is 32.0 Å². The highest BCUT2D eigenvalue weighted by atomic mass is 35.5. The van der Waals surface area contributed by atoms with Gasteiger partial charge in [0.2, 0.25) is 0 Å². The van der Waals surface area contributed by atoms with Crippen LogP contribution in [-0.2, 0) is 11.0 Å². The first-order valence-corrected chi connectivity index (χ1v) is 14.2. The zero-order valence-electron chi connectivity index (χ0n) is 19.7. The summed E-state index contributed by atoms with van der Waals surface area (Å²) in [7, 11) is -2.79. The van der Waals surface area contributed by atoms with Gasteiger partial charge in [-0.1, -0.05) is 116 Å². The highest BCUT2D eigenvalue weighted by Crippen LogP contribution is 2.39. The van der Waals surface area contributed by atoms with Crippen LogP contribution < -0.4 is 10.4 Å². The molecule has 0 aliphatic rings. The van der Waals surface area contributed by atoms with Gasteiger partial charge in [0.1, 0.15) is 11.8 Å². The van der Waals surface area contributed by atoms with Crippen molar-refractivity contribution in [2.75, 3.05) is 0 Å². The fourth-order valence-corrected chi connectivity index (χ4v) is 9.85. The molecule has 4 aromatic rings. The molecule has 0 bridgehead atoms. The quantitative estimate of drug-likeness (QED) is 0.240. The van der Waals surface area contributed by atoms with Gasteiger partial charge in [-0.15, -0.1) is 0 Å². The summed E-state index contributed by atoms with van der Waals surface area (Å²) in [5, 5.41) is 13.1. The molecule has 0 atom stereocenters. The lowest BCUT2D eigenvalue weighted by atomic mass is 10.2. The average Bonchev–Trinajstić information content (AvgIpc) is 3.22. The average molecular weight is 540 g/mol. The molecule has 0 radical (unpaired) electrons. The third-order valence-electron chi connectivity index (χ3n) is 6.18. The van der Waals surface area contributed by atoms with E-state index in [2.05, 4.69) is 75.4 Å². The maximum Gasteiger partial charge on any atom is 0.261 e. The van der Waals surface area contributed by atoms with Crippen LogP contribution in [0.4, 0.5) is 0 Å². The Bertz CT molecular complexity index is 1330. The minimum absolute atomic E-state index is 0.186. The number of hydrogen-bond acceptors (Lipinski definition) is 2. The van der Waals surface area contributed by atoms with Gasteiger partial charge >= 0.3 is 0 Å². The molecule has 0 spiro atoms. The standard InChI is InChI=1S/C28H25Cl3N2OSi/c1-28(2,3)35(22-10-6-4-7-11-22,23-12-8-5-9-13-23)34-19-24-25(30)14-15-26(27(24)31)33-18-20(29)16-21(33)17-32/h4-16,18H,19H2,1-3H3. The highest BCUT2D eigenvalue weighted by molar-refractivity contribution is 6.99. The van der Waals surface area contributed by atoms with Gasteiger partial charge in [0.25, 0.3) is 8.32 Å². The van der Waals surface area contributed by atoms with Crippen molar-refractivity contribution in [1.29, 1.82) is 5.26 Å². The molecular weight excluding hydrogens is 515 g/mol. The fraction of sp³-hybridized carbons (Fsp3) is 0.179. The predicted octanol–water partition coefficient (Wildman–Crippen LogP) is 7.39. The van der Waals surface area contributed by atoms with E-state index in [0.717, 1.165) is 0 Å². The zero-order chi connectivity index (χ0) is 25.2. The van der Waals surface area contributed by atoms with Crippen LogP contribution in [0.5, 0.6) is 0 Å². The second-order valence-electron chi connectivity index (χ2n) is 9.34. The van der Waals surface area contributed by atoms with Crippen LogP contribution in [0.15, 0.2) is 85.1 Å². The topological polar surface area (TPSA) is 38.0 Å². The van der Waals surface area contributed by atoms with E-state index >= 15 is 0 Å². The van der Waals surface area contributed by atoms with Gasteiger partial charge < -0.3 is 8.99 Å². The molecule has 35 heavy (non-hydrogen) atoms. The lowest BCUT2D eigenvalue weighted by Crippen LogP contribution is -2.66. The predicted molar refractivity (Wildman–Crippen MR) is 148 cm³/mol. The largest absolute Gasteiger partial charge is 0.403 e. The number of rotatable bonds is 6. The Morgan fingerprint density at radius 2 is 1.46 bits per heavy atom. The van der Waals surface area contributed by atoms with Gasteiger partial charge in [0, 0.05) is 16.8 Å². The molecule has 178 valence electrons. The van der Waals surface area contributed by atoms with Crippen LogP contribution in [0.2, 0.25) is 20.1 Å². The van der Waals surface area contributed by atoms with Crippen LogP contribution in [-0.4, -0.2) is 12.9 Å². The second kappa shape index (κ2) is 10.2. The van der Waals surface area contributed by atoms with Gasteiger partial charge in [-0.2, -0.15) is 5.26 Å². The summed E-state index contributed by atoms with van der Waals surface area (Å²) < 4.78 is 8.71. The third-order valence-corrected chi connectivity index (χ3v) is 12.1. The fourth-order valence-electron chi connectivity index (χ4n) is 4.56. The Labute approximate surface area is 222 Å². The number of aromatic nitrogens is 1. The Kier molecular flexibility index (Phi) is 7.47. The molecule has 3 nitrogen and oxygen atoms in total. The first kappa shape index (κ1) is 25.6. The van der Waals surface area contributed by atoms with E-state index in [4.69, 9.17) is 39.2 Å². The molecule has 0 unspecified atom stereocenters. The molecule has 4 rings (SSSR count). The molecular formula is C28H25Cl3N2OSi. The van der Waals surface area contributed by atoms with E-state index in [-0.39, 0.29) is 11.6 Å². The van der Waals surface area contributed by atoms with Crippen molar-refractivity contribution >= 4 is 53.5 Å². The van der Waals surface area contributed by atoms with E-state index < -0.39 is 8.32 Å². The van der Waals surface area contributed by atoms with Crippen molar-refractivity contribution in [3.8, 4) is 11.8 Å². The maximum absolute atomic E-state index is 9.54. The Morgan fingerprint density at radius 3 is 1.97 bits per heavy atom. The first-order chi connectivity index (χ1) is 16.7.